The normalized spacial score (nSPS) is 10.3. The average molecular weight is 298 g/mol. The minimum Gasteiger partial charge on any atom is -0.339 e. The van der Waals surface area contributed by atoms with E-state index in [9.17, 15) is 4.79 Å². The topological polar surface area (TPSA) is 66.9 Å². The largest absolute Gasteiger partial charge is 0.339 e. The number of carbonyl (C=O) groups is 1. The summed E-state index contributed by atoms with van der Waals surface area (Å²) < 4.78 is 0. The molecule has 0 aliphatic rings. The predicted octanol–water partition coefficient (Wildman–Crippen LogP) is 3.91. The zero-order chi connectivity index (χ0) is 15.8. The molecule has 0 aliphatic carbocycles. The molecular formula is C17H22N4O. The molecular weight excluding hydrogens is 276 g/mol. The molecule has 1 heterocycles. The molecule has 0 saturated carbocycles. The second kappa shape index (κ2) is 8.12. The summed E-state index contributed by atoms with van der Waals surface area (Å²) in [5.41, 5.74) is 2.25. The minimum absolute atomic E-state index is 0.0202. The van der Waals surface area contributed by atoms with Gasteiger partial charge in [-0.15, -0.1) is 10.2 Å². The predicted molar refractivity (Wildman–Crippen MR) is 89.3 cm³/mol. The van der Waals surface area contributed by atoms with Crippen molar-refractivity contribution in [3.63, 3.8) is 0 Å². The second-order valence-electron chi connectivity index (χ2n) is 5.09. The maximum atomic E-state index is 11.6. The molecule has 1 aromatic carbocycles. The fourth-order valence-electron chi connectivity index (χ4n) is 2.10. The molecule has 2 rings (SSSR count). The molecule has 1 amide bonds. The van der Waals surface area contributed by atoms with Crippen LogP contribution in [0.1, 0.15) is 38.7 Å². The molecule has 116 valence electrons. The van der Waals surface area contributed by atoms with E-state index in [1.54, 1.807) is 6.07 Å². The van der Waals surface area contributed by atoms with E-state index in [-0.39, 0.29) is 5.91 Å². The summed E-state index contributed by atoms with van der Waals surface area (Å²) >= 11 is 0. The summed E-state index contributed by atoms with van der Waals surface area (Å²) in [5.74, 6) is 1.12. The van der Waals surface area contributed by atoms with Gasteiger partial charge in [0.05, 0.1) is 0 Å². The van der Waals surface area contributed by atoms with Crippen LogP contribution in [-0.4, -0.2) is 16.1 Å². The Bertz CT molecular complexity index is 610. The number of rotatable bonds is 7. The number of unbranched alkanes of at least 4 members (excludes halogenated alkanes) is 1. The summed E-state index contributed by atoms with van der Waals surface area (Å²) in [4.78, 5) is 11.6. The van der Waals surface area contributed by atoms with Crippen molar-refractivity contribution in [3.05, 3.63) is 42.0 Å². The lowest BCUT2D eigenvalue weighted by Crippen LogP contribution is -2.12. The smallest absolute Gasteiger partial charge is 0.225 e. The highest BCUT2D eigenvalue weighted by Gasteiger charge is 2.05. The van der Waals surface area contributed by atoms with Crippen LogP contribution in [0.3, 0.4) is 0 Å². The van der Waals surface area contributed by atoms with Gasteiger partial charge in [-0.2, -0.15) is 0 Å². The number of hydrogen-bond acceptors (Lipinski definition) is 4. The third kappa shape index (κ3) is 4.55. The Morgan fingerprint density at radius 2 is 1.77 bits per heavy atom. The van der Waals surface area contributed by atoms with E-state index >= 15 is 0 Å². The molecule has 2 aromatic rings. The van der Waals surface area contributed by atoms with Gasteiger partial charge in [0.15, 0.2) is 11.6 Å². The number of anilines is 3. The summed E-state index contributed by atoms with van der Waals surface area (Å²) in [6, 6.07) is 11.7. The molecule has 0 atom stereocenters. The van der Waals surface area contributed by atoms with Crippen LogP contribution < -0.4 is 10.6 Å². The third-order valence-corrected chi connectivity index (χ3v) is 3.35. The first-order chi connectivity index (χ1) is 10.7. The molecule has 2 N–H and O–H groups in total. The first-order valence-electron chi connectivity index (χ1n) is 7.71. The van der Waals surface area contributed by atoms with Crippen LogP contribution in [0.4, 0.5) is 17.3 Å². The standard InChI is InChI=1S/C17H22N4O/c1-3-5-10-17(22)19-16-12-11-15(20-21-16)18-14-9-7-6-8-13(14)4-2/h6-9,11-12H,3-5,10H2,1-2H3,(H,18,20)(H,19,21,22). The lowest BCUT2D eigenvalue weighted by atomic mass is 10.1. The van der Waals surface area contributed by atoms with Gasteiger partial charge in [-0.3, -0.25) is 4.79 Å². The van der Waals surface area contributed by atoms with Gasteiger partial charge >= 0.3 is 0 Å². The van der Waals surface area contributed by atoms with Crippen LogP contribution >= 0.6 is 0 Å². The Labute approximate surface area is 131 Å². The van der Waals surface area contributed by atoms with E-state index in [0.29, 0.717) is 18.1 Å². The number of nitrogens with one attached hydrogen (secondary N) is 2. The number of amides is 1. The van der Waals surface area contributed by atoms with Crippen molar-refractivity contribution < 1.29 is 4.79 Å². The number of nitrogens with zero attached hydrogens (tertiary/aromatic N) is 2. The Morgan fingerprint density at radius 3 is 2.45 bits per heavy atom. The molecule has 0 saturated heterocycles. The molecule has 5 heteroatoms. The van der Waals surface area contributed by atoms with Crippen molar-refractivity contribution in [2.45, 2.75) is 39.5 Å². The van der Waals surface area contributed by atoms with Crippen molar-refractivity contribution >= 4 is 23.2 Å². The molecule has 5 nitrogen and oxygen atoms in total. The van der Waals surface area contributed by atoms with E-state index in [1.165, 1.54) is 5.56 Å². The van der Waals surface area contributed by atoms with Gasteiger partial charge in [0.25, 0.3) is 0 Å². The SMILES string of the molecule is CCCCC(=O)Nc1ccc(Nc2ccccc2CC)nn1. The van der Waals surface area contributed by atoms with Crippen molar-refractivity contribution in [2.75, 3.05) is 10.6 Å². The summed E-state index contributed by atoms with van der Waals surface area (Å²) in [6.45, 7) is 4.17. The maximum Gasteiger partial charge on any atom is 0.225 e. The van der Waals surface area contributed by atoms with Crippen molar-refractivity contribution in [1.82, 2.24) is 10.2 Å². The quantitative estimate of drug-likeness (QED) is 0.813. The van der Waals surface area contributed by atoms with Gasteiger partial charge in [-0.1, -0.05) is 38.5 Å². The van der Waals surface area contributed by atoms with Crippen LogP contribution in [0.25, 0.3) is 0 Å². The minimum atomic E-state index is -0.0202. The Balaban J connectivity index is 1.98. The number of aryl methyl sites for hydroxylation is 1. The lowest BCUT2D eigenvalue weighted by Gasteiger charge is -2.10. The number of benzene rings is 1. The van der Waals surface area contributed by atoms with E-state index < -0.39 is 0 Å². The summed E-state index contributed by atoms with van der Waals surface area (Å²) in [6.07, 6.45) is 3.34. The molecule has 0 spiro atoms. The zero-order valence-electron chi connectivity index (χ0n) is 13.1. The highest BCUT2D eigenvalue weighted by Crippen LogP contribution is 2.20. The van der Waals surface area contributed by atoms with Crippen LogP contribution in [0.5, 0.6) is 0 Å². The monoisotopic (exact) mass is 298 g/mol. The molecule has 0 unspecified atom stereocenters. The van der Waals surface area contributed by atoms with Crippen molar-refractivity contribution in [1.29, 1.82) is 0 Å². The van der Waals surface area contributed by atoms with Crippen LogP contribution in [0.15, 0.2) is 36.4 Å². The maximum absolute atomic E-state index is 11.6. The fraction of sp³-hybridized carbons (Fsp3) is 0.353. The second-order valence-corrected chi connectivity index (χ2v) is 5.09. The Hall–Kier alpha value is -2.43. The van der Waals surface area contributed by atoms with Crippen molar-refractivity contribution in [2.24, 2.45) is 0 Å². The molecule has 1 aromatic heterocycles. The number of carbonyl (C=O) groups excluding carboxylic acids is 1. The highest BCUT2D eigenvalue weighted by atomic mass is 16.1. The lowest BCUT2D eigenvalue weighted by molar-refractivity contribution is -0.116. The van der Waals surface area contributed by atoms with Crippen LogP contribution in [0, 0.1) is 0 Å². The van der Waals surface area contributed by atoms with Crippen LogP contribution in [-0.2, 0) is 11.2 Å². The van der Waals surface area contributed by atoms with E-state index in [1.807, 2.05) is 24.3 Å². The van der Waals surface area contributed by atoms with Crippen molar-refractivity contribution in [3.8, 4) is 0 Å². The molecule has 0 fully saturated rings. The zero-order valence-corrected chi connectivity index (χ0v) is 13.1. The highest BCUT2D eigenvalue weighted by molar-refractivity contribution is 5.89. The first-order valence-corrected chi connectivity index (χ1v) is 7.71. The van der Waals surface area contributed by atoms with Gasteiger partial charge in [0.1, 0.15) is 0 Å². The molecule has 0 aliphatic heterocycles. The fourth-order valence-corrected chi connectivity index (χ4v) is 2.10. The molecule has 0 bridgehead atoms. The van der Waals surface area contributed by atoms with Gasteiger partial charge < -0.3 is 10.6 Å². The molecule has 22 heavy (non-hydrogen) atoms. The molecule has 0 radical (unpaired) electrons. The van der Waals surface area contributed by atoms with Gasteiger partial charge in [0.2, 0.25) is 5.91 Å². The first kappa shape index (κ1) is 15.9. The number of para-hydroxylation sites is 1. The number of aromatic nitrogens is 2. The van der Waals surface area contributed by atoms with E-state index in [0.717, 1.165) is 24.9 Å². The van der Waals surface area contributed by atoms with E-state index in [2.05, 4.69) is 40.7 Å². The van der Waals surface area contributed by atoms with Crippen LogP contribution in [0.2, 0.25) is 0 Å². The third-order valence-electron chi connectivity index (χ3n) is 3.35. The van der Waals surface area contributed by atoms with Gasteiger partial charge in [-0.05, 0) is 36.6 Å². The van der Waals surface area contributed by atoms with Gasteiger partial charge in [0, 0.05) is 12.1 Å². The number of hydrogen-bond donors (Lipinski definition) is 2. The van der Waals surface area contributed by atoms with E-state index in [4.69, 9.17) is 0 Å². The summed E-state index contributed by atoms with van der Waals surface area (Å²) in [7, 11) is 0. The van der Waals surface area contributed by atoms with Gasteiger partial charge in [-0.25, -0.2) is 0 Å². The Morgan fingerprint density at radius 1 is 1.05 bits per heavy atom. The Kier molecular flexibility index (Phi) is 5.89. The average Bonchev–Trinajstić information content (AvgIpc) is 2.55. The summed E-state index contributed by atoms with van der Waals surface area (Å²) in [5, 5.41) is 14.1.